The van der Waals surface area contributed by atoms with Gasteiger partial charge in [0.1, 0.15) is 28.0 Å². The molecule has 0 aliphatic carbocycles. The summed E-state index contributed by atoms with van der Waals surface area (Å²) in [5.41, 5.74) is 15.5. The molecule has 0 unspecified atom stereocenters. The van der Waals surface area contributed by atoms with E-state index in [0.717, 1.165) is 60.3 Å². The van der Waals surface area contributed by atoms with Crippen LogP contribution < -0.4 is 0 Å². The van der Waals surface area contributed by atoms with Crippen LogP contribution >= 0.6 is 0 Å². The van der Waals surface area contributed by atoms with Crippen molar-refractivity contribution in [1.82, 2.24) is 19.1 Å². The van der Waals surface area contributed by atoms with E-state index in [0.29, 0.717) is 22.7 Å². The molecule has 6 heterocycles. The Morgan fingerprint density at radius 2 is 1.03 bits per heavy atom. The Kier molecular flexibility index (Phi) is 5.68. The van der Waals surface area contributed by atoms with E-state index < -0.39 is 0 Å². The van der Waals surface area contributed by atoms with E-state index in [1.165, 1.54) is 49.7 Å². The molecule has 14 rings (SSSR count). The number of hydrogen-bond donors (Lipinski definition) is 0. The van der Waals surface area contributed by atoms with Gasteiger partial charge in [-0.15, -0.1) is 0 Å². The summed E-state index contributed by atoms with van der Waals surface area (Å²) in [5.74, 6) is 0.672. The van der Waals surface area contributed by atoms with Gasteiger partial charge in [0.05, 0.1) is 27.8 Å². The molecule has 268 valence electrons. The van der Waals surface area contributed by atoms with Gasteiger partial charge in [-0.1, -0.05) is 121 Å². The van der Waals surface area contributed by atoms with E-state index in [1.54, 1.807) is 0 Å². The number of aromatic nitrogens is 4. The zero-order chi connectivity index (χ0) is 37.6. The molecule has 0 bridgehead atoms. The van der Waals surface area contributed by atoms with Crippen LogP contribution in [0.1, 0.15) is 0 Å². The van der Waals surface area contributed by atoms with Crippen molar-refractivity contribution in [2.24, 2.45) is 0 Å². The Hall–Kier alpha value is -7.96. The third-order valence-corrected chi connectivity index (χ3v) is 12.3. The van der Waals surface area contributed by atoms with Gasteiger partial charge >= 0.3 is 0 Å². The van der Waals surface area contributed by atoms with Gasteiger partial charge in [-0.3, -0.25) is 4.57 Å². The lowest BCUT2D eigenvalue weighted by Crippen LogP contribution is -2.03. The molecule has 6 heteroatoms. The minimum atomic E-state index is 0.485. The van der Waals surface area contributed by atoms with Gasteiger partial charge < -0.3 is 13.4 Å². The smallest absolute Gasteiger partial charge is 0.248 e. The molecule has 0 atom stereocenters. The standard InChI is InChI=1S/C52H28N4O2/c1-2-18-33-29(14-1)30-15-3-8-23-39(30)55-40-24-9-4-16-31(40)38-28-42-45(46(33)49(38)55)35-19-5-10-25-41(35)56(42)51-47(53-48-36-20-7-12-27-44(36)58-52(48)54-51)37-22-13-21-34-32-17-6-11-26-43(32)57-50(34)37/h1-28H. The van der Waals surface area contributed by atoms with Gasteiger partial charge in [0.15, 0.2) is 5.82 Å². The van der Waals surface area contributed by atoms with Crippen molar-refractivity contribution in [2.45, 2.75) is 0 Å². The first-order chi connectivity index (χ1) is 28.8. The Bertz CT molecular complexity index is 3930. The molecule has 5 aromatic heterocycles. The summed E-state index contributed by atoms with van der Waals surface area (Å²) in [5, 5.41) is 7.67. The Morgan fingerprint density at radius 1 is 0.414 bits per heavy atom. The van der Waals surface area contributed by atoms with Gasteiger partial charge in [0, 0.05) is 54.4 Å². The predicted octanol–water partition coefficient (Wildman–Crippen LogP) is 13.8. The molecular weight excluding hydrogens is 713 g/mol. The van der Waals surface area contributed by atoms with Gasteiger partial charge in [-0.25, -0.2) is 4.98 Å². The molecule has 0 radical (unpaired) electrons. The first kappa shape index (κ1) is 30.3. The second kappa shape index (κ2) is 10.9. The lowest BCUT2D eigenvalue weighted by molar-refractivity contribution is 0.651. The maximum absolute atomic E-state index is 6.70. The maximum atomic E-state index is 6.70. The summed E-state index contributed by atoms with van der Waals surface area (Å²) >= 11 is 0. The van der Waals surface area contributed by atoms with E-state index in [-0.39, 0.29) is 0 Å². The fraction of sp³-hybridized carbons (Fsp3) is 0. The number of rotatable bonds is 2. The van der Waals surface area contributed by atoms with Crippen molar-refractivity contribution in [1.29, 1.82) is 0 Å². The Morgan fingerprint density at radius 3 is 1.88 bits per heavy atom. The Labute approximate surface area is 329 Å². The predicted molar refractivity (Wildman–Crippen MR) is 235 cm³/mol. The van der Waals surface area contributed by atoms with Crippen LogP contribution in [0.15, 0.2) is 179 Å². The Balaban J connectivity index is 1.21. The third kappa shape index (κ3) is 3.76. The number of benzene rings is 8. The highest BCUT2D eigenvalue weighted by Crippen LogP contribution is 2.52. The molecule has 0 saturated carbocycles. The second-order valence-electron chi connectivity index (χ2n) is 15.2. The summed E-state index contributed by atoms with van der Waals surface area (Å²) in [6.45, 7) is 0. The third-order valence-electron chi connectivity index (χ3n) is 12.3. The van der Waals surface area contributed by atoms with Crippen molar-refractivity contribution in [3.05, 3.63) is 170 Å². The number of para-hydroxylation sites is 6. The van der Waals surface area contributed by atoms with Crippen molar-refractivity contribution >= 4 is 87.7 Å². The summed E-state index contributed by atoms with van der Waals surface area (Å²) in [6.07, 6.45) is 0. The van der Waals surface area contributed by atoms with Crippen molar-refractivity contribution < 1.29 is 8.83 Å². The van der Waals surface area contributed by atoms with Crippen LogP contribution in [-0.2, 0) is 0 Å². The number of hydrogen-bond acceptors (Lipinski definition) is 4. The topological polar surface area (TPSA) is 61.9 Å². The van der Waals surface area contributed by atoms with Crippen LogP contribution in [0.4, 0.5) is 0 Å². The molecule has 6 nitrogen and oxygen atoms in total. The molecule has 1 aliphatic heterocycles. The monoisotopic (exact) mass is 740 g/mol. The van der Waals surface area contributed by atoms with E-state index in [4.69, 9.17) is 18.8 Å². The van der Waals surface area contributed by atoms with Crippen LogP contribution in [0.3, 0.4) is 0 Å². The van der Waals surface area contributed by atoms with Gasteiger partial charge in [-0.05, 0) is 59.7 Å². The highest BCUT2D eigenvalue weighted by molar-refractivity contribution is 6.29. The average molecular weight is 741 g/mol. The van der Waals surface area contributed by atoms with Gasteiger partial charge in [-0.2, -0.15) is 4.98 Å². The molecule has 0 amide bonds. The molecule has 58 heavy (non-hydrogen) atoms. The molecule has 0 fully saturated rings. The van der Waals surface area contributed by atoms with Crippen LogP contribution in [0.2, 0.25) is 0 Å². The van der Waals surface area contributed by atoms with E-state index in [2.05, 4.69) is 149 Å². The van der Waals surface area contributed by atoms with E-state index in [1.807, 2.05) is 30.3 Å². The lowest BCUT2D eigenvalue weighted by atomic mass is 9.91. The molecule has 0 spiro atoms. The molecule has 8 aromatic carbocycles. The summed E-state index contributed by atoms with van der Waals surface area (Å²) in [4.78, 5) is 11.0. The lowest BCUT2D eigenvalue weighted by Gasteiger charge is -2.14. The number of fused-ring (bicyclic) bond motifs is 18. The number of nitrogens with zero attached hydrogens (tertiary/aromatic N) is 4. The van der Waals surface area contributed by atoms with E-state index in [9.17, 15) is 0 Å². The highest BCUT2D eigenvalue weighted by Gasteiger charge is 2.30. The quantitative estimate of drug-likeness (QED) is 0.177. The first-order valence-electron chi connectivity index (χ1n) is 19.6. The van der Waals surface area contributed by atoms with Crippen LogP contribution in [0.25, 0.3) is 133 Å². The van der Waals surface area contributed by atoms with Crippen LogP contribution in [-0.4, -0.2) is 19.1 Å². The zero-order valence-electron chi connectivity index (χ0n) is 30.8. The normalized spacial score (nSPS) is 12.5. The van der Waals surface area contributed by atoms with Crippen LogP contribution in [0, 0.1) is 0 Å². The molecule has 0 saturated heterocycles. The molecule has 1 aliphatic rings. The van der Waals surface area contributed by atoms with Crippen molar-refractivity contribution in [3.63, 3.8) is 0 Å². The molecule has 13 aromatic rings. The van der Waals surface area contributed by atoms with Gasteiger partial charge in [0.2, 0.25) is 5.71 Å². The summed E-state index contributed by atoms with van der Waals surface area (Å²) in [7, 11) is 0. The second-order valence-corrected chi connectivity index (χ2v) is 15.2. The molecule has 0 N–H and O–H groups in total. The maximum Gasteiger partial charge on any atom is 0.248 e. The summed E-state index contributed by atoms with van der Waals surface area (Å²) in [6, 6.07) is 60.1. The number of furan rings is 2. The van der Waals surface area contributed by atoms with Crippen molar-refractivity contribution in [2.75, 3.05) is 0 Å². The summed E-state index contributed by atoms with van der Waals surface area (Å²) < 4.78 is 18.0. The zero-order valence-corrected chi connectivity index (χ0v) is 30.8. The fourth-order valence-electron chi connectivity index (χ4n) is 9.93. The molecular formula is C52H28N4O2. The highest BCUT2D eigenvalue weighted by atomic mass is 16.3. The largest absolute Gasteiger partial charge is 0.455 e. The average Bonchev–Trinajstić information content (AvgIpc) is 4.01. The minimum Gasteiger partial charge on any atom is -0.455 e. The van der Waals surface area contributed by atoms with Gasteiger partial charge in [0.25, 0.3) is 0 Å². The first-order valence-corrected chi connectivity index (χ1v) is 19.6. The fourth-order valence-corrected chi connectivity index (χ4v) is 9.93. The SMILES string of the molecule is c1ccc2c(c1)-c1ccccc1-n1c3ccccc3c3cc4c(c-2c31)c1ccccc1n4-c1nc2oc3ccccc3c2nc1-c1cccc2c1oc1ccccc12. The van der Waals surface area contributed by atoms with E-state index >= 15 is 0 Å². The minimum absolute atomic E-state index is 0.485. The van der Waals surface area contributed by atoms with Crippen molar-refractivity contribution in [3.8, 4) is 45.0 Å². The van der Waals surface area contributed by atoms with Crippen LogP contribution in [0.5, 0.6) is 0 Å².